The van der Waals surface area contributed by atoms with Crippen LogP contribution in [-0.2, 0) is 0 Å². The SMILES string of the molecule is O=C(Nc1ccc(Cl)cc1)c1ccc(-c2ccccc2)nn1. The number of halogens is 1. The molecule has 0 saturated heterocycles. The number of carbonyl (C=O) groups is 1. The van der Waals surface area contributed by atoms with Crippen LogP contribution in [0.2, 0.25) is 5.02 Å². The van der Waals surface area contributed by atoms with Crippen molar-refractivity contribution in [2.24, 2.45) is 0 Å². The average Bonchev–Trinajstić information content (AvgIpc) is 2.58. The summed E-state index contributed by atoms with van der Waals surface area (Å²) in [5.41, 5.74) is 2.60. The highest BCUT2D eigenvalue weighted by atomic mass is 35.5. The molecule has 1 aromatic heterocycles. The summed E-state index contributed by atoms with van der Waals surface area (Å²) >= 11 is 5.81. The normalized spacial score (nSPS) is 10.2. The molecule has 3 rings (SSSR count). The molecule has 0 saturated carbocycles. The molecular weight excluding hydrogens is 298 g/mol. The Balaban J connectivity index is 1.75. The maximum atomic E-state index is 12.1. The van der Waals surface area contributed by atoms with E-state index in [1.165, 1.54) is 0 Å². The van der Waals surface area contributed by atoms with E-state index in [-0.39, 0.29) is 11.6 Å². The first-order chi connectivity index (χ1) is 10.7. The first-order valence-electron chi connectivity index (χ1n) is 6.68. The largest absolute Gasteiger partial charge is 0.321 e. The Morgan fingerprint density at radius 2 is 1.59 bits per heavy atom. The van der Waals surface area contributed by atoms with E-state index in [9.17, 15) is 4.79 Å². The number of benzene rings is 2. The van der Waals surface area contributed by atoms with Gasteiger partial charge in [-0.25, -0.2) is 0 Å². The van der Waals surface area contributed by atoms with E-state index >= 15 is 0 Å². The summed E-state index contributed by atoms with van der Waals surface area (Å²) in [6.07, 6.45) is 0. The third kappa shape index (κ3) is 3.30. The summed E-state index contributed by atoms with van der Waals surface area (Å²) in [6.45, 7) is 0. The van der Waals surface area contributed by atoms with Gasteiger partial charge >= 0.3 is 0 Å². The van der Waals surface area contributed by atoms with Crippen molar-refractivity contribution >= 4 is 23.2 Å². The number of nitrogens with one attached hydrogen (secondary N) is 1. The van der Waals surface area contributed by atoms with Gasteiger partial charge in [0, 0.05) is 16.3 Å². The summed E-state index contributed by atoms with van der Waals surface area (Å²) in [4.78, 5) is 12.1. The van der Waals surface area contributed by atoms with Gasteiger partial charge < -0.3 is 5.32 Å². The summed E-state index contributed by atoms with van der Waals surface area (Å²) in [7, 11) is 0. The van der Waals surface area contributed by atoms with Crippen LogP contribution in [0.3, 0.4) is 0 Å². The first kappa shape index (κ1) is 14.2. The third-order valence-electron chi connectivity index (χ3n) is 3.07. The number of rotatable bonds is 3. The maximum Gasteiger partial charge on any atom is 0.276 e. The Morgan fingerprint density at radius 1 is 0.864 bits per heavy atom. The fourth-order valence-electron chi connectivity index (χ4n) is 1.94. The van der Waals surface area contributed by atoms with E-state index in [0.29, 0.717) is 10.7 Å². The van der Waals surface area contributed by atoms with E-state index < -0.39 is 0 Å². The van der Waals surface area contributed by atoms with Crippen molar-refractivity contribution in [3.05, 3.63) is 77.4 Å². The predicted octanol–water partition coefficient (Wildman–Crippen LogP) is 4.05. The van der Waals surface area contributed by atoms with E-state index in [1.807, 2.05) is 30.3 Å². The molecule has 5 heteroatoms. The Bertz CT molecular complexity index is 771. The Hall–Kier alpha value is -2.72. The molecule has 0 aliphatic heterocycles. The van der Waals surface area contributed by atoms with Gasteiger partial charge in [-0.1, -0.05) is 41.9 Å². The lowest BCUT2D eigenvalue weighted by Crippen LogP contribution is -2.14. The first-order valence-corrected chi connectivity index (χ1v) is 7.06. The van der Waals surface area contributed by atoms with Crippen molar-refractivity contribution in [2.45, 2.75) is 0 Å². The highest BCUT2D eigenvalue weighted by Crippen LogP contribution is 2.16. The molecule has 0 unspecified atom stereocenters. The second-order valence-corrected chi connectivity index (χ2v) is 5.07. The molecule has 0 fully saturated rings. The molecule has 1 amide bonds. The van der Waals surface area contributed by atoms with Gasteiger partial charge in [-0.2, -0.15) is 0 Å². The van der Waals surface area contributed by atoms with Gasteiger partial charge in [0.2, 0.25) is 0 Å². The monoisotopic (exact) mass is 309 g/mol. The average molecular weight is 310 g/mol. The van der Waals surface area contributed by atoms with Gasteiger partial charge in [-0.05, 0) is 36.4 Å². The van der Waals surface area contributed by atoms with Crippen molar-refractivity contribution in [3.8, 4) is 11.3 Å². The molecule has 22 heavy (non-hydrogen) atoms. The Kier molecular flexibility index (Phi) is 4.12. The van der Waals surface area contributed by atoms with Gasteiger partial charge in [0.05, 0.1) is 5.69 Å². The lowest BCUT2D eigenvalue weighted by atomic mass is 10.1. The van der Waals surface area contributed by atoms with E-state index in [0.717, 1.165) is 11.3 Å². The van der Waals surface area contributed by atoms with Gasteiger partial charge in [-0.3, -0.25) is 4.79 Å². The summed E-state index contributed by atoms with van der Waals surface area (Å²) in [5.74, 6) is -0.311. The number of amides is 1. The standard InChI is InChI=1S/C17H12ClN3O/c18-13-6-8-14(9-7-13)19-17(22)16-11-10-15(20-21-16)12-4-2-1-3-5-12/h1-11H,(H,19,22). The van der Waals surface area contributed by atoms with Crippen molar-refractivity contribution in [3.63, 3.8) is 0 Å². The quantitative estimate of drug-likeness (QED) is 0.794. The maximum absolute atomic E-state index is 12.1. The number of nitrogens with zero attached hydrogens (tertiary/aromatic N) is 2. The third-order valence-corrected chi connectivity index (χ3v) is 3.32. The Labute approximate surface area is 132 Å². The second kappa shape index (κ2) is 6.37. The number of hydrogen-bond acceptors (Lipinski definition) is 3. The molecule has 0 bridgehead atoms. The van der Waals surface area contributed by atoms with Crippen molar-refractivity contribution in [1.29, 1.82) is 0 Å². The van der Waals surface area contributed by atoms with Crippen molar-refractivity contribution < 1.29 is 4.79 Å². The number of aromatic nitrogens is 2. The van der Waals surface area contributed by atoms with Crippen LogP contribution >= 0.6 is 11.6 Å². The van der Waals surface area contributed by atoms with Crippen LogP contribution in [0, 0.1) is 0 Å². The summed E-state index contributed by atoms with van der Waals surface area (Å²) < 4.78 is 0. The molecular formula is C17H12ClN3O. The molecule has 2 aromatic carbocycles. The Morgan fingerprint density at radius 3 is 2.23 bits per heavy atom. The van der Waals surface area contributed by atoms with Crippen LogP contribution < -0.4 is 5.32 Å². The minimum absolute atomic E-state index is 0.259. The van der Waals surface area contributed by atoms with Crippen molar-refractivity contribution in [1.82, 2.24) is 10.2 Å². The van der Waals surface area contributed by atoms with Crippen LogP contribution in [0.1, 0.15) is 10.5 Å². The fraction of sp³-hybridized carbons (Fsp3) is 0. The predicted molar refractivity (Wildman–Crippen MR) is 86.9 cm³/mol. The molecule has 0 spiro atoms. The lowest BCUT2D eigenvalue weighted by molar-refractivity contribution is 0.102. The van der Waals surface area contributed by atoms with Crippen LogP contribution in [0.25, 0.3) is 11.3 Å². The van der Waals surface area contributed by atoms with Gasteiger partial charge in [0.15, 0.2) is 5.69 Å². The van der Waals surface area contributed by atoms with Gasteiger partial charge in [0.25, 0.3) is 5.91 Å². The number of anilines is 1. The van der Waals surface area contributed by atoms with Crippen molar-refractivity contribution in [2.75, 3.05) is 5.32 Å². The van der Waals surface area contributed by atoms with E-state index in [2.05, 4.69) is 15.5 Å². The summed E-state index contributed by atoms with van der Waals surface area (Å²) in [6, 6.07) is 20.0. The molecule has 3 aromatic rings. The topological polar surface area (TPSA) is 54.9 Å². The van der Waals surface area contributed by atoms with Crippen LogP contribution in [0.15, 0.2) is 66.7 Å². The zero-order valence-corrected chi connectivity index (χ0v) is 12.3. The highest BCUT2D eigenvalue weighted by Gasteiger charge is 2.09. The molecule has 4 nitrogen and oxygen atoms in total. The minimum atomic E-state index is -0.311. The molecule has 1 heterocycles. The van der Waals surface area contributed by atoms with Crippen LogP contribution in [0.5, 0.6) is 0 Å². The summed E-state index contributed by atoms with van der Waals surface area (Å²) in [5, 5.41) is 11.4. The zero-order valence-electron chi connectivity index (χ0n) is 11.5. The minimum Gasteiger partial charge on any atom is -0.321 e. The van der Waals surface area contributed by atoms with Crippen LogP contribution in [-0.4, -0.2) is 16.1 Å². The van der Waals surface area contributed by atoms with Gasteiger partial charge in [-0.15, -0.1) is 10.2 Å². The second-order valence-electron chi connectivity index (χ2n) is 4.63. The molecule has 1 N–H and O–H groups in total. The van der Waals surface area contributed by atoms with Crippen LogP contribution in [0.4, 0.5) is 5.69 Å². The zero-order chi connectivity index (χ0) is 15.4. The number of carbonyl (C=O) groups excluding carboxylic acids is 1. The molecule has 0 aliphatic rings. The van der Waals surface area contributed by atoms with E-state index in [1.54, 1.807) is 36.4 Å². The molecule has 0 atom stereocenters. The molecule has 0 radical (unpaired) electrons. The fourth-order valence-corrected chi connectivity index (χ4v) is 2.07. The smallest absolute Gasteiger partial charge is 0.276 e. The lowest BCUT2D eigenvalue weighted by Gasteiger charge is -2.05. The highest BCUT2D eigenvalue weighted by molar-refractivity contribution is 6.30. The molecule has 108 valence electrons. The van der Waals surface area contributed by atoms with Gasteiger partial charge in [0.1, 0.15) is 0 Å². The number of hydrogen-bond donors (Lipinski definition) is 1. The van der Waals surface area contributed by atoms with E-state index in [4.69, 9.17) is 11.6 Å². The molecule has 0 aliphatic carbocycles.